The summed E-state index contributed by atoms with van der Waals surface area (Å²) in [6.45, 7) is 0. The van der Waals surface area contributed by atoms with Gasteiger partial charge < -0.3 is 5.73 Å². The topological polar surface area (TPSA) is 43.1 Å². The number of halogens is 4. The Morgan fingerprint density at radius 2 is 1.94 bits per heavy atom. The zero-order valence-corrected chi connectivity index (χ0v) is 9.58. The third-order valence-electron chi connectivity index (χ3n) is 2.02. The first-order chi connectivity index (χ1) is 7.79. The van der Waals surface area contributed by atoms with Crippen molar-refractivity contribution in [3.8, 4) is 0 Å². The van der Waals surface area contributed by atoms with Gasteiger partial charge in [0.2, 0.25) is 0 Å². The van der Waals surface area contributed by atoms with Crippen molar-refractivity contribution in [1.82, 2.24) is 0 Å². The summed E-state index contributed by atoms with van der Waals surface area (Å²) in [5.74, 6) is -0.866. The molecule has 0 heterocycles. The normalized spacial score (nSPS) is 13.6. The van der Waals surface area contributed by atoms with Crippen LogP contribution in [0.25, 0.3) is 0 Å². The van der Waals surface area contributed by atoms with E-state index in [9.17, 15) is 21.8 Å². The summed E-state index contributed by atoms with van der Waals surface area (Å²) in [6, 6.07) is 3.58. The highest BCUT2D eigenvalue weighted by Crippen LogP contribution is 2.22. The molecule has 1 rings (SSSR count). The van der Waals surface area contributed by atoms with Crippen molar-refractivity contribution < 1.29 is 21.8 Å². The van der Waals surface area contributed by atoms with Crippen LogP contribution in [0.1, 0.15) is 12.8 Å². The molecule has 0 aromatic heterocycles. The van der Waals surface area contributed by atoms with Crippen molar-refractivity contribution in [3.63, 3.8) is 0 Å². The third kappa shape index (κ3) is 4.72. The van der Waals surface area contributed by atoms with Crippen molar-refractivity contribution in [3.05, 3.63) is 24.0 Å². The van der Waals surface area contributed by atoms with Gasteiger partial charge in [0.1, 0.15) is 5.82 Å². The molecule has 0 saturated heterocycles. The lowest BCUT2D eigenvalue weighted by molar-refractivity contribution is -0.134. The van der Waals surface area contributed by atoms with Crippen LogP contribution < -0.4 is 5.73 Å². The minimum absolute atomic E-state index is 0.0824. The number of rotatable bonds is 4. The van der Waals surface area contributed by atoms with Crippen LogP contribution in [-0.4, -0.2) is 16.1 Å². The summed E-state index contributed by atoms with van der Waals surface area (Å²) in [5, 5.41) is 0. The number of benzene rings is 1. The average Bonchev–Trinajstić information content (AvgIpc) is 2.20. The molecule has 0 aliphatic rings. The van der Waals surface area contributed by atoms with Crippen LogP contribution in [-0.2, 0) is 10.8 Å². The van der Waals surface area contributed by atoms with Gasteiger partial charge in [-0.1, -0.05) is 0 Å². The lowest BCUT2D eigenvalue weighted by Crippen LogP contribution is -2.09. The maximum atomic E-state index is 13.0. The molecule has 1 atom stereocenters. The Morgan fingerprint density at radius 3 is 2.47 bits per heavy atom. The molecule has 1 unspecified atom stereocenters. The number of anilines is 1. The highest BCUT2D eigenvalue weighted by Gasteiger charge is 2.26. The molecule has 0 aliphatic carbocycles. The fraction of sp³-hybridized carbons (Fsp3) is 0.400. The van der Waals surface area contributed by atoms with E-state index in [1.54, 1.807) is 0 Å². The summed E-state index contributed by atoms with van der Waals surface area (Å²) >= 11 is 0. The van der Waals surface area contributed by atoms with Crippen LogP contribution in [0.4, 0.5) is 23.2 Å². The standard InChI is InChI=1S/C10H11F4NOS/c11-8-6-7(2-3-9(8)15)17(16)5-1-4-10(12,13)14/h2-3,6H,1,4-5,15H2. The van der Waals surface area contributed by atoms with E-state index in [4.69, 9.17) is 5.73 Å². The Labute approximate surface area is 98.3 Å². The maximum Gasteiger partial charge on any atom is 0.389 e. The molecular formula is C10H11F4NOS. The molecule has 2 nitrogen and oxygen atoms in total. The van der Waals surface area contributed by atoms with Crippen molar-refractivity contribution in [2.75, 3.05) is 11.5 Å². The van der Waals surface area contributed by atoms with Gasteiger partial charge in [0, 0.05) is 17.1 Å². The van der Waals surface area contributed by atoms with Gasteiger partial charge in [-0.2, -0.15) is 13.2 Å². The molecule has 0 bridgehead atoms. The quantitative estimate of drug-likeness (QED) is 0.674. The minimum Gasteiger partial charge on any atom is -0.396 e. The van der Waals surface area contributed by atoms with E-state index in [1.807, 2.05) is 0 Å². The summed E-state index contributed by atoms with van der Waals surface area (Å²) in [5.41, 5.74) is 5.14. The molecule has 7 heteroatoms. The van der Waals surface area contributed by atoms with Crippen LogP contribution in [0, 0.1) is 5.82 Å². The van der Waals surface area contributed by atoms with Gasteiger partial charge in [0.15, 0.2) is 0 Å². The number of nitrogens with two attached hydrogens (primary N) is 1. The van der Waals surface area contributed by atoms with Gasteiger partial charge in [0.05, 0.1) is 16.5 Å². The number of nitrogen functional groups attached to an aromatic ring is 1. The first-order valence-corrected chi connectivity index (χ1v) is 6.11. The van der Waals surface area contributed by atoms with E-state index in [0.717, 1.165) is 6.07 Å². The van der Waals surface area contributed by atoms with Crippen molar-refractivity contribution in [2.24, 2.45) is 0 Å². The Bertz CT molecular complexity index is 419. The highest BCUT2D eigenvalue weighted by atomic mass is 32.2. The molecule has 1 aromatic rings. The van der Waals surface area contributed by atoms with Gasteiger partial charge in [-0.3, -0.25) is 4.21 Å². The highest BCUT2D eigenvalue weighted by molar-refractivity contribution is 7.85. The predicted octanol–water partition coefficient (Wildman–Crippen LogP) is 2.86. The Balaban J connectivity index is 2.56. The molecular weight excluding hydrogens is 258 g/mol. The van der Waals surface area contributed by atoms with E-state index in [1.165, 1.54) is 12.1 Å². The molecule has 0 radical (unpaired) electrons. The van der Waals surface area contributed by atoms with Crippen molar-refractivity contribution >= 4 is 16.5 Å². The molecule has 17 heavy (non-hydrogen) atoms. The van der Waals surface area contributed by atoms with Crippen LogP contribution in [0.3, 0.4) is 0 Å². The van der Waals surface area contributed by atoms with Crippen LogP contribution in [0.15, 0.2) is 23.1 Å². The number of hydrogen-bond donors (Lipinski definition) is 1. The largest absolute Gasteiger partial charge is 0.396 e. The predicted molar refractivity (Wildman–Crippen MR) is 57.4 cm³/mol. The monoisotopic (exact) mass is 269 g/mol. The fourth-order valence-electron chi connectivity index (χ4n) is 1.17. The third-order valence-corrected chi connectivity index (χ3v) is 3.46. The second-order valence-corrected chi connectivity index (χ2v) is 5.02. The lowest BCUT2D eigenvalue weighted by Gasteiger charge is -2.06. The van der Waals surface area contributed by atoms with E-state index >= 15 is 0 Å². The molecule has 1 aromatic carbocycles. The van der Waals surface area contributed by atoms with Crippen LogP contribution >= 0.6 is 0 Å². The second kappa shape index (κ2) is 5.48. The molecule has 0 saturated carbocycles. The minimum atomic E-state index is -4.25. The Hall–Kier alpha value is -1.11. The van der Waals surface area contributed by atoms with Gasteiger partial charge in [-0.25, -0.2) is 4.39 Å². The van der Waals surface area contributed by atoms with Gasteiger partial charge in [-0.15, -0.1) is 0 Å². The van der Waals surface area contributed by atoms with E-state index in [2.05, 4.69) is 0 Å². The zero-order chi connectivity index (χ0) is 13.1. The summed E-state index contributed by atoms with van der Waals surface area (Å²) in [6.07, 6.45) is -5.49. The van der Waals surface area contributed by atoms with Crippen molar-refractivity contribution in [1.29, 1.82) is 0 Å². The van der Waals surface area contributed by atoms with Crippen LogP contribution in [0.2, 0.25) is 0 Å². The van der Waals surface area contributed by atoms with Crippen molar-refractivity contribution in [2.45, 2.75) is 23.9 Å². The molecule has 2 N–H and O–H groups in total. The Kier molecular flexibility index (Phi) is 4.50. The zero-order valence-electron chi connectivity index (χ0n) is 8.76. The van der Waals surface area contributed by atoms with Crippen LogP contribution in [0.5, 0.6) is 0 Å². The maximum absolute atomic E-state index is 13.0. The van der Waals surface area contributed by atoms with E-state index in [0.29, 0.717) is 0 Å². The number of hydrogen-bond acceptors (Lipinski definition) is 2. The number of alkyl halides is 3. The SMILES string of the molecule is Nc1ccc(S(=O)CCCC(F)(F)F)cc1F. The molecule has 0 spiro atoms. The fourth-order valence-corrected chi connectivity index (χ4v) is 2.27. The first kappa shape index (κ1) is 14.0. The first-order valence-electron chi connectivity index (χ1n) is 4.80. The van der Waals surface area contributed by atoms with Gasteiger partial charge in [-0.05, 0) is 24.6 Å². The molecule has 0 amide bonds. The Morgan fingerprint density at radius 1 is 1.29 bits per heavy atom. The smallest absolute Gasteiger partial charge is 0.389 e. The van der Waals surface area contributed by atoms with E-state index in [-0.39, 0.29) is 22.8 Å². The van der Waals surface area contributed by atoms with E-state index < -0.39 is 29.2 Å². The summed E-state index contributed by atoms with van der Waals surface area (Å²) in [4.78, 5) is 0.152. The average molecular weight is 269 g/mol. The molecule has 96 valence electrons. The summed E-state index contributed by atoms with van der Waals surface area (Å²) in [7, 11) is -1.63. The molecule has 0 fully saturated rings. The molecule has 0 aliphatic heterocycles. The van der Waals surface area contributed by atoms with Gasteiger partial charge in [0.25, 0.3) is 0 Å². The summed E-state index contributed by atoms with van der Waals surface area (Å²) < 4.78 is 60.1. The second-order valence-electron chi connectivity index (χ2n) is 3.45. The van der Waals surface area contributed by atoms with Gasteiger partial charge >= 0.3 is 6.18 Å². The lowest BCUT2D eigenvalue weighted by atomic mass is 10.3.